The Morgan fingerprint density at radius 2 is 1.90 bits per heavy atom. The molecule has 10 heavy (non-hydrogen) atoms. The molecule has 1 unspecified atom stereocenters. The number of ketones is 1. The highest BCUT2D eigenvalue weighted by Gasteiger charge is 2.07. The van der Waals surface area contributed by atoms with Crippen LogP contribution in [-0.4, -0.2) is 17.0 Å². The maximum Gasteiger partial charge on any atom is 0.135 e. The van der Waals surface area contributed by atoms with Gasteiger partial charge in [-0.25, -0.2) is 0 Å². The van der Waals surface area contributed by atoms with Gasteiger partial charge >= 0.3 is 0 Å². The smallest absolute Gasteiger partial charge is 0.135 e. The third-order valence-corrected chi connectivity index (χ3v) is 1.45. The first-order valence-electron chi connectivity index (χ1n) is 3.74. The van der Waals surface area contributed by atoms with Crippen LogP contribution in [0, 0.1) is 5.92 Å². The predicted molar refractivity (Wildman–Crippen MR) is 40.8 cm³/mol. The summed E-state index contributed by atoms with van der Waals surface area (Å²) in [4.78, 5) is 10.9. The molecule has 0 aromatic heterocycles. The van der Waals surface area contributed by atoms with Gasteiger partial charge in [-0.3, -0.25) is 4.79 Å². The molecule has 0 spiro atoms. The van der Waals surface area contributed by atoms with Crippen LogP contribution in [0.1, 0.15) is 33.6 Å². The summed E-state index contributed by atoms with van der Waals surface area (Å²) in [6.45, 7) is 5.46. The Balaban J connectivity index is 3.40. The van der Waals surface area contributed by atoms with E-state index in [4.69, 9.17) is 5.11 Å². The van der Waals surface area contributed by atoms with E-state index in [1.54, 1.807) is 6.92 Å². The number of carbonyl (C=O) groups excluding carboxylic acids is 1. The van der Waals surface area contributed by atoms with Crippen molar-refractivity contribution in [2.75, 3.05) is 0 Å². The van der Waals surface area contributed by atoms with Crippen LogP contribution in [-0.2, 0) is 4.79 Å². The molecule has 2 nitrogen and oxygen atoms in total. The summed E-state index contributed by atoms with van der Waals surface area (Å²) in [6.07, 6.45) is 0.759. The van der Waals surface area contributed by atoms with Crippen molar-refractivity contribution in [2.24, 2.45) is 5.92 Å². The molecule has 0 radical (unpaired) electrons. The molecular weight excluding hydrogens is 128 g/mol. The van der Waals surface area contributed by atoms with Gasteiger partial charge in [-0.2, -0.15) is 0 Å². The summed E-state index contributed by atoms with van der Waals surface area (Å²) < 4.78 is 0. The van der Waals surface area contributed by atoms with E-state index >= 15 is 0 Å². The molecule has 2 heteroatoms. The largest absolute Gasteiger partial charge is 0.393 e. The van der Waals surface area contributed by atoms with Gasteiger partial charge in [0.05, 0.1) is 6.10 Å². The second-order valence-corrected chi connectivity index (χ2v) is 3.01. The van der Waals surface area contributed by atoms with Crippen LogP contribution in [0.15, 0.2) is 0 Å². The van der Waals surface area contributed by atoms with Crippen LogP contribution in [0.25, 0.3) is 0 Å². The third kappa shape index (κ3) is 4.50. The Morgan fingerprint density at radius 3 is 2.20 bits per heavy atom. The summed E-state index contributed by atoms with van der Waals surface area (Å²) in [5.74, 6) is 0.347. The fourth-order valence-electron chi connectivity index (χ4n) is 0.640. The molecule has 0 saturated carbocycles. The number of hydrogen-bond acceptors (Lipinski definition) is 2. The molecule has 0 aromatic rings. The summed E-state index contributed by atoms with van der Waals surface area (Å²) >= 11 is 0. The van der Waals surface area contributed by atoms with Gasteiger partial charge in [-0.05, 0) is 13.3 Å². The molecule has 0 heterocycles. The highest BCUT2D eigenvalue weighted by Crippen LogP contribution is 2.03. The fraction of sp³-hybridized carbons (Fsp3) is 0.875. The van der Waals surface area contributed by atoms with Crippen LogP contribution >= 0.6 is 0 Å². The maximum atomic E-state index is 10.9. The molecule has 0 saturated heterocycles. The number of aliphatic hydroxyl groups is 1. The molecule has 0 bridgehead atoms. The summed E-state index contributed by atoms with van der Waals surface area (Å²) in [5.41, 5.74) is 0. The second kappa shape index (κ2) is 4.45. The number of hydrogen-bond donors (Lipinski definition) is 1. The van der Waals surface area contributed by atoms with Crippen LogP contribution < -0.4 is 0 Å². The third-order valence-electron chi connectivity index (χ3n) is 1.45. The minimum atomic E-state index is -0.345. The SMILES string of the molecule is CC(O)CCC(=O)C(C)C. The lowest BCUT2D eigenvalue weighted by Crippen LogP contribution is -2.10. The highest BCUT2D eigenvalue weighted by molar-refractivity contribution is 5.80. The average Bonchev–Trinajstić information content (AvgIpc) is 1.82. The van der Waals surface area contributed by atoms with Crippen molar-refractivity contribution in [1.82, 2.24) is 0 Å². The normalized spacial score (nSPS) is 13.7. The van der Waals surface area contributed by atoms with E-state index in [9.17, 15) is 4.79 Å². The van der Waals surface area contributed by atoms with Crippen LogP contribution in [0.3, 0.4) is 0 Å². The first-order chi connectivity index (χ1) is 4.54. The lowest BCUT2D eigenvalue weighted by atomic mass is 10.0. The van der Waals surface area contributed by atoms with Crippen molar-refractivity contribution in [3.63, 3.8) is 0 Å². The molecule has 1 atom stereocenters. The van der Waals surface area contributed by atoms with E-state index in [1.165, 1.54) is 0 Å². The summed E-state index contributed by atoms with van der Waals surface area (Å²) in [7, 11) is 0. The van der Waals surface area contributed by atoms with Crippen LogP contribution in [0.4, 0.5) is 0 Å². The second-order valence-electron chi connectivity index (χ2n) is 3.01. The molecule has 0 rings (SSSR count). The Hall–Kier alpha value is -0.370. The van der Waals surface area contributed by atoms with E-state index in [0.717, 1.165) is 0 Å². The minimum Gasteiger partial charge on any atom is -0.393 e. The van der Waals surface area contributed by atoms with E-state index in [2.05, 4.69) is 0 Å². The molecule has 60 valence electrons. The Bertz CT molecular complexity index is 106. The van der Waals surface area contributed by atoms with Gasteiger partial charge in [0, 0.05) is 12.3 Å². The predicted octanol–water partition coefficient (Wildman–Crippen LogP) is 1.37. The van der Waals surface area contributed by atoms with Gasteiger partial charge in [0.25, 0.3) is 0 Å². The maximum absolute atomic E-state index is 10.9. The molecule has 0 fully saturated rings. The summed E-state index contributed by atoms with van der Waals surface area (Å²) in [6, 6.07) is 0. The first kappa shape index (κ1) is 9.63. The lowest BCUT2D eigenvalue weighted by Gasteiger charge is -2.04. The Morgan fingerprint density at radius 1 is 1.40 bits per heavy atom. The first-order valence-corrected chi connectivity index (χ1v) is 3.74. The van der Waals surface area contributed by atoms with E-state index in [-0.39, 0.29) is 17.8 Å². The highest BCUT2D eigenvalue weighted by atomic mass is 16.3. The quantitative estimate of drug-likeness (QED) is 0.647. The van der Waals surface area contributed by atoms with Gasteiger partial charge in [0.1, 0.15) is 5.78 Å². The van der Waals surface area contributed by atoms with Crippen molar-refractivity contribution in [1.29, 1.82) is 0 Å². The molecule has 1 N–H and O–H groups in total. The average molecular weight is 144 g/mol. The number of aliphatic hydroxyl groups excluding tert-OH is 1. The zero-order chi connectivity index (χ0) is 8.15. The zero-order valence-corrected chi connectivity index (χ0v) is 6.92. The monoisotopic (exact) mass is 144 g/mol. The van der Waals surface area contributed by atoms with Crippen molar-refractivity contribution >= 4 is 5.78 Å². The van der Waals surface area contributed by atoms with Crippen molar-refractivity contribution in [3.05, 3.63) is 0 Å². The minimum absolute atomic E-state index is 0.110. The Kier molecular flexibility index (Phi) is 4.28. The van der Waals surface area contributed by atoms with E-state index in [1.807, 2.05) is 13.8 Å². The lowest BCUT2D eigenvalue weighted by molar-refractivity contribution is -0.122. The topological polar surface area (TPSA) is 37.3 Å². The molecule has 0 amide bonds. The van der Waals surface area contributed by atoms with Gasteiger partial charge < -0.3 is 5.11 Å². The zero-order valence-electron chi connectivity index (χ0n) is 6.92. The molecule has 0 aliphatic heterocycles. The van der Waals surface area contributed by atoms with Crippen molar-refractivity contribution in [2.45, 2.75) is 39.7 Å². The number of carbonyl (C=O) groups is 1. The van der Waals surface area contributed by atoms with Gasteiger partial charge in [0.15, 0.2) is 0 Å². The Labute approximate surface area is 62.2 Å². The van der Waals surface area contributed by atoms with Crippen LogP contribution in [0.5, 0.6) is 0 Å². The number of rotatable bonds is 4. The van der Waals surface area contributed by atoms with E-state index in [0.29, 0.717) is 12.8 Å². The molecule has 0 aliphatic carbocycles. The van der Waals surface area contributed by atoms with Crippen molar-refractivity contribution < 1.29 is 9.90 Å². The van der Waals surface area contributed by atoms with Crippen molar-refractivity contribution in [3.8, 4) is 0 Å². The molecular formula is C8H16O2. The standard InChI is InChI=1S/C8H16O2/c1-6(2)8(10)5-4-7(3)9/h6-7,9H,4-5H2,1-3H3. The molecule has 0 aliphatic rings. The molecule has 0 aromatic carbocycles. The van der Waals surface area contributed by atoms with E-state index < -0.39 is 0 Å². The van der Waals surface area contributed by atoms with Gasteiger partial charge in [0.2, 0.25) is 0 Å². The number of Topliss-reactive ketones (excluding diaryl/α,β-unsaturated/α-hetero) is 1. The van der Waals surface area contributed by atoms with Gasteiger partial charge in [-0.1, -0.05) is 13.8 Å². The van der Waals surface area contributed by atoms with Crippen LogP contribution in [0.2, 0.25) is 0 Å². The van der Waals surface area contributed by atoms with Gasteiger partial charge in [-0.15, -0.1) is 0 Å². The summed E-state index contributed by atoms with van der Waals surface area (Å²) in [5, 5.41) is 8.83. The fourth-order valence-corrected chi connectivity index (χ4v) is 0.640.